The predicted octanol–water partition coefficient (Wildman–Crippen LogP) is 4.08. The Kier molecular flexibility index (Phi) is 6.42. The molecule has 0 aliphatic rings. The van der Waals surface area contributed by atoms with Crippen LogP contribution >= 0.6 is 0 Å². The molecule has 1 aromatic heterocycles. The molecule has 1 amide bonds. The van der Waals surface area contributed by atoms with Crippen LogP contribution in [0.1, 0.15) is 37.3 Å². The maximum atomic E-state index is 12.5. The SMILES string of the molecule is CCc1ccc(O[C@H](CC)C(=O)NCc2nc(-c3cccc(C)c3)no2)cc1. The van der Waals surface area contributed by atoms with Crippen molar-refractivity contribution in [1.82, 2.24) is 15.5 Å². The van der Waals surface area contributed by atoms with E-state index in [2.05, 4.69) is 22.4 Å². The molecule has 6 nitrogen and oxygen atoms in total. The monoisotopic (exact) mass is 379 g/mol. The molecule has 0 aliphatic carbocycles. The van der Waals surface area contributed by atoms with Crippen molar-refractivity contribution in [1.29, 1.82) is 0 Å². The van der Waals surface area contributed by atoms with Gasteiger partial charge in [0, 0.05) is 5.56 Å². The molecule has 1 heterocycles. The summed E-state index contributed by atoms with van der Waals surface area (Å²) in [5.41, 5.74) is 3.23. The lowest BCUT2D eigenvalue weighted by molar-refractivity contribution is -0.128. The van der Waals surface area contributed by atoms with Gasteiger partial charge in [-0.15, -0.1) is 0 Å². The molecule has 3 rings (SSSR count). The van der Waals surface area contributed by atoms with Gasteiger partial charge < -0.3 is 14.6 Å². The number of amides is 1. The van der Waals surface area contributed by atoms with Crippen LogP contribution in [-0.2, 0) is 17.8 Å². The standard InChI is InChI=1S/C22H25N3O3/c1-4-16-9-11-18(12-10-16)27-19(5-2)22(26)23-14-20-24-21(25-28-20)17-8-6-7-15(3)13-17/h6-13,19H,4-5,14H2,1-3H3,(H,23,26)/t19-/m1/s1. The van der Waals surface area contributed by atoms with Crippen LogP contribution in [0.2, 0.25) is 0 Å². The molecule has 6 heteroatoms. The van der Waals surface area contributed by atoms with Crippen LogP contribution in [0.3, 0.4) is 0 Å². The highest BCUT2D eigenvalue weighted by atomic mass is 16.5. The average Bonchev–Trinajstić information content (AvgIpc) is 3.20. The van der Waals surface area contributed by atoms with Gasteiger partial charge in [0.2, 0.25) is 11.7 Å². The van der Waals surface area contributed by atoms with Gasteiger partial charge in [-0.3, -0.25) is 4.79 Å². The molecule has 0 radical (unpaired) electrons. The van der Waals surface area contributed by atoms with Crippen molar-refractivity contribution < 1.29 is 14.1 Å². The van der Waals surface area contributed by atoms with Gasteiger partial charge in [0.25, 0.3) is 5.91 Å². The number of rotatable bonds is 8. The first-order valence-electron chi connectivity index (χ1n) is 9.52. The van der Waals surface area contributed by atoms with Crippen molar-refractivity contribution in [2.45, 2.75) is 46.3 Å². The summed E-state index contributed by atoms with van der Waals surface area (Å²) < 4.78 is 11.1. The molecule has 1 atom stereocenters. The summed E-state index contributed by atoms with van der Waals surface area (Å²) in [4.78, 5) is 16.8. The van der Waals surface area contributed by atoms with Gasteiger partial charge in [-0.25, -0.2) is 0 Å². The number of nitrogens with zero attached hydrogens (tertiary/aromatic N) is 2. The average molecular weight is 379 g/mol. The second kappa shape index (κ2) is 9.17. The summed E-state index contributed by atoms with van der Waals surface area (Å²) >= 11 is 0. The number of carbonyl (C=O) groups is 1. The highest BCUT2D eigenvalue weighted by molar-refractivity contribution is 5.81. The largest absolute Gasteiger partial charge is 0.481 e. The number of hydrogen-bond acceptors (Lipinski definition) is 5. The second-order valence-electron chi connectivity index (χ2n) is 6.61. The molecular weight excluding hydrogens is 354 g/mol. The van der Waals surface area contributed by atoms with E-state index in [-0.39, 0.29) is 12.5 Å². The van der Waals surface area contributed by atoms with E-state index in [1.54, 1.807) is 0 Å². The van der Waals surface area contributed by atoms with Crippen molar-refractivity contribution in [3.05, 3.63) is 65.5 Å². The molecule has 0 spiro atoms. The van der Waals surface area contributed by atoms with Gasteiger partial charge in [0.1, 0.15) is 5.75 Å². The number of nitrogens with one attached hydrogen (secondary N) is 1. The second-order valence-corrected chi connectivity index (χ2v) is 6.61. The molecule has 0 saturated carbocycles. The van der Waals surface area contributed by atoms with Gasteiger partial charge in [0.15, 0.2) is 6.10 Å². The minimum Gasteiger partial charge on any atom is -0.481 e. The lowest BCUT2D eigenvalue weighted by Crippen LogP contribution is -2.37. The van der Waals surface area contributed by atoms with Crippen LogP contribution < -0.4 is 10.1 Å². The van der Waals surface area contributed by atoms with Crippen molar-refractivity contribution >= 4 is 5.91 Å². The number of aryl methyl sites for hydroxylation is 2. The van der Waals surface area contributed by atoms with Crippen LogP contribution in [0.25, 0.3) is 11.4 Å². The first kappa shape index (κ1) is 19.6. The van der Waals surface area contributed by atoms with E-state index in [0.29, 0.717) is 23.9 Å². The minimum absolute atomic E-state index is 0.159. The fourth-order valence-electron chi connectivity index (χ4n) is 2.79. The topological polar surface area (TPSA) is 77.2 Å². The molecule has 0 bridgehead atoms. The summed E-state index contributed by atoms with van der Waals surface area (Å²) in [6.07, 6.45) is 0.943. The Labute approximate surface area is 164 Å². The number of benzene rings is 2. The van der Waals surface area contributed by atoms with Crippen LogP contribution in [0, 0.1) is 6.92 Å². The molecule has 1 N–H and O–H groups in total. The Balaban J connectivity index is 1.57. The quantitative estimate of drug-likeness (QED) is 0.638. The third-order valence-corrected chi connectivity index (χ3v) is 4.43. The zero-order valence-electron chi connectivity index (χ0n) is 16.4. The Morgan fingerprint density at radius 2 is 1.96 bits per heavy atom. The van der Waals surface area contributed by atoms with Crippen molar-refractivity contribution in [3.8, 4) is 17.1 Å². The van der Waals surface area contributed by atoms with Crippen molar-refractivity contribution in [3.63, 3.8) is 0 Å². The first-order chi connectivity index (χ1) is 13.6. The molecule has 0 fully saturated rings. The zero-order valence-corrected chi connectivity index (χ0v) is 16.4. The highest BCUT2D eigenvalue weighted by Gasteiger charge is 2.19. The molecule has 0 aliphatic heterocycles. The van der Waals surface area contributed by atoms with E-state index in [4.69, 9.17) is 9.26 Å². The van der Waals surface area contributed by atoms with Gasteiger partial charge in [0.05, 0.1) is 6.54 Å². The predicted molar refractivity (Wildman–Crippen MR) is 107 cm³/mol. The summed E-state index contributed by atoms with van der Waals surface area (Å²) in [6, 6.07) is 15.6. The van der Waals surface area contributed by atoms with Gasteiger partial charge in [-0.2, -0.15) is 4.98 Å². The Morgan fingerprint density at radius 3 is 2.64 bits per heavy atom. The molecule has 146 valence electrons. The Bertz CT molecular complexity index is 919. The maximum absolute atomic E-state index is 12.5. The first-order valence-corrected chi connectivity index (χ1v) is 9.52. The molecule has 0 unspecified atom stereocenters. The Hall–Kier alpha value is -3.15. The smallest absolute Gasteiger partial charge is 0.261 e. The van der Waals surface area contributed by atoms with Gasteiger partial charge in [-0.05, 0) is 43.5 Å². The van der Waals surface area contributed by atoms with E-state index >= 15 is 0 Å². The van der Waals surface area contributed by atoms with E-state index in [1.807, 2.05) is 62.4 Å². The van der Waals surface area contributed by atoms with Crippen LogP contribution in [0.4, 0.5) is 0 Å². The number of carbonyl (C=O) groups excluding carboxylic acids is 1. The molecule has 3 aromatic rings. The van der Waals surface area contributed by atoms with E-state index in [9.17, 15) is 4.79 Å². The third kappa shape index (κ3) is 4.97. The number of aromatic nitrogens is 2. The minimum atomic E-state index is -0.577. The van der Waals surface area contributed by atoms with Gasteiger partial charge in [-0.1, -0.05) is 54.9 Å². The van der Waals surface area contributed by atoms with Crippen molar-refractivity contribution in [2.24, 2.45) is 0 Å². The Morgan fingerprint density at radius 1 is 1.18 bits per heavy atom. The van der Waals surface area contributed by atoms with Crippen molar-refractivity contribution in [2.75, 3.05) is 0 Å². The summed E-state index contributed by atoms with van der Waals surface area (Å²) in [6.45, 7) is 6.17. The fraction of sp³-hybridized carbons (Fsp3) is 0.318. The van der Waals surface area contributed by atoms with E-state index in [0.717, 1.165) is 17.5 Å². The number of ether oxygens (including phenoxy) is 1. The lowest BCUT2D eigenvalue weighted by atomic mass is 10.1. The summed E-state index contributed by atoms with van der Waals surface area (Å²) in [5, 5.41) is 6.79. The van der Waals surface area contributed by atoms with E-state index < -0.39 is 6.10 Å². The third-order valence-electron chi connectivity index (χ3n) is 4.43. The fourth-order valence-corrected chi connectivity index (χ4v) is 2.79. The molecule has 0 saturated heterocycles. The normalized spacial score (nSPS) is 11.8. The molecular formula is C22H25N3O3. The maximum Gasteiger partial charge on any atom is 0.261 e. The van der Waals surface area contributed by atoms with Gasteiger partial charge >= 0.3 is 0 Å². The summed E-state index contributed by atoms with van der Waals surface area (Å²) in [5.74, 6) is 1.33. The van der Waals surface area contributed by atoms with E-state index in [1.165, 1.54) is 5.56 Å². The number of hydrogen-bond donors (Lipinski definition) is 1. The van der Waals surface area contributed by atoms with Crippen LogP contribution in [0.15, 0.2) is 53.1 Å². The van der Waals surface area contributed by atoms with Crippen LogP contribution in [0.5, 0.6) is 5.75 Å². The van der Waals surface area contributed by atoms with Crippen LogP contribution in [-0.4, -0.2) is 22.2 Å². The highest BCUT2D eigenvalue weighted by Crippen LogP contribution is 2.18. The zero-order chi connectivity index (χ0) is 19.9. The molecule has 2 aromatic carbocycles. The lowest BCUT2D eigenvalue weighted by Gasteiger charge is -2.17. The molecule has 28 heavy (non-hydrogen) atoms. The summed E-state index contributed by atoms with van der Waals surface area (Å²) in [7, 11) is 0.